The average molecular weight is 135 g/mol. The van der Waals surface area contributed by atoms with E-state index in [0.29, 0.717) is 24.2 Å². The quantitative estimate of drug-likeness (QED) is 0.548. The van der Waals surface area contributed by atoms with Gasteiger partial charge in [0.1, 0.15) is 0 Å². The molecule has 0 atom stereocenters. The molecule has 0 aliphatic carbocycles. The summed E-state index contributed by atoms with van der Waals surface area (Å²) in [5, 5.41) is 2.44. The SMILES string of the molecule is CNC(=O)CCSO. The predicted molar refractivity (Wildman–Crippen MR) is 33.8 cm³/mol. The van der Waals surface area contributed by atoms with Crippen LogP contribution in [-0.4, -0.2) is 23.3 Å². The van der Waals surface area contributed by atoms with E-state index < -0.39 is 0 Å². The Morgan fingerprint density at radius 2 is 2.50 bits per heavy atom. The molecule has 0 aromatic carbocycles. The normalized spacial score (nSPS) is 8.75. The van der Waals surface area contributed by atoms with Crippen molar-refractivity contribution in [2.75, 3.05) is 12.8 Å². The Hall–Kier alpha value is -0.220. The smallest absolute Gasteiger partial charge is 0.220 e. The Balaban J connectivity index is 2.99. The average Bonchev–Trinajstić information content (AvgIpc) is 1.83. The first-order valence-corrected chi connectivity index (χ1v) is 3.22. The molecule has 0 spiro atoms. The predicted octanol–water partition coefficient (Wildman–Crippen LogP) is 0.329. The van der Waals surface area contributed by atoms with Gasteiger partial charge < -0.3 is 9.87 Å². The summed E-state index contributed by atoms with van der Waals surface area (Å²) in [5.74, 6) is 0.436. The molecule has 2 N–H and O–H groups in total. The van der Waals surface area contributed by atoms with Gasteiger partial charge in [-0.25, -0.2) is 0 Å². The molecule has 0 saturated heterocycles. The van der Waals surface area contributed by atoms with Crippen LogP contribution < -0.4 is 5.32 Å². The van der Waals surface area contributed by atoms with Gasteiger partial charge in [-0.05, 0) is 12.0 Å². The number of hydrogen-bond acceptors (Lipinski definition) is 3. The van der Waals surface area contributed by atoms with Crippen LogP contribution in [0.15, 0.2) is 0 Å². The summed E-state index contributed by atoms with van der Waals surface area (Å²) in [4.78, 5) is 10.3. The third-order valence-electron chi connectivity index (χ3n) is 0.699. The fourth-order valence-electron chi connectivity index (χ4n) is 0.263. The molecule has 0 fully saturated rings. The summed E-state index contributed by atoms with van der Waals surface area (Å²) in [7, 11) is 1.57. The van der Waals surface area contributed by atoms with E-state index in [-0.39, 0.29) is 5.91 Å². The standard InChI is InChI=1S/C4H9NO2S/c1-5-4(6)2-3-8-7/h7H,2-3H2,1H3,(H,5,6). The molecule has 0 unspecified atom stereocenters. The van der Waals surface area contributed by atoms with E-state index in [2.05, 4.69) is 5.32 Å². The molecule has 0 heterocycles. The van der Waals surface area contributed by atoms with E-state index in [1.165, 1.54) is 0 Å². The first-order chi connectivity index (χ1) is 3.81. The van der Waals surface area contributed by atoms with Crippen molar-refractivity contribution in [3.8, 4) is 0 Å². The Morgan fingerprint density at radius 3 is 2.88 bits per heavy atom. The van der Waals surface area contributed by atoms with Gasteiger partial charge >= 0.3 is 0 Å². The molecule has 0 aromatic rings. The van der Waals surface area contributed by atoms with Crippen molar-refractivity contribution in [3.63, 3.8) is 0 Å². The monoisotopic (exact) mass is 135 g/mol. The number of hydrogen-bond donors (Lipinski definition) is 2. The Morgan fingerprint density at radius 1 is 1.88 bits per heavy atom. The van der Waals surface area contributed by atoms with Gasteiger partial charge in [-0.1, -0.05) is 0 Å². The van der Waals surface area contributed by atoms with Crippen molar-refractivity contribution in [3.05, 3.63) is 0 Å². The third-order valence-corrected chi connectivity index (χ3v) is 1.09. The minimum Gasteiger partial charge on any atom is -0.359 e. The number of carbonyl (C=O) groups is 1. The highest BCUT2D eigenvalue weighted by Gasteiger charge is 1.94. The van der Waals surface area contributed by atoms with Gasteiger partial charge in [-0.3, -0.25) is 4.79 Å². The maximum Gasteiger partial charge on any atom is 0.220 e. The lowest BCUT2D eigenvalue weighted by Crippen LogP contribution is -2.17. The number of amides is 1. The second kappa shape index (κ2) is 4.93. The molecule has 0 saturated carbocycles. The van der Waals surface area contributed by atoms with Crippen LogP contribution in [0.4, 0.5) is 0 Å². The fraction of sp³-hybridized carbons (Fsp3) is 0.750. The number of nitrogens with one attached hydrogen (secondary N) is 1. The van der Waals surface area contributed by atoms with Crippen LogP contribution in [0.25, 0.3) is 0 Å². The van der Waals surface area contributed by atoms with Crippen LogP contribution in [0.3, 0.4) is 0 Å². The lowest BCUT2D eigenvalue weighted by atomic mass is 10.5. The summed E-state index contributed by atoms with van der Waals surface area (Å²) in [6, 6.07) is 0. The van der Waals surface area contributed by atoms with Gasteiger partial charge in [0.25, 0.3) is 0 Å². The highest BCUT2D eigenvalue weighted by atomic mass is 32.2. The van der Waals surface area contributed by atoms with E-state index in [1.807, 2.05) is 0 Å². The van der Waals surface area contributed by atoms with Crippen molar-refractivity contribution >= 4 is 17.9 Å². The van der Waals surface area contributed by atoms with Crippen LogP contribution in [0.2, 0.25) is 0 Å². The zero-order valence-corrected chi connectivity index (χ0v) is 5.49. The molecule has 0 aliphatic heterocycles. The summed E-state index contributed by atoms with van der Waals surface area (Å²) in [6.07, 6.45) is 0.387. The van der Waals surface area contributed by atoms with Crippen LogP contribution in [0.1, 0.15) is 6.42 Å². The van der Waals surface area contributed by atoms with Crippen molar-refractivity contribution in [2.45, 2.75) is 6.42 Å². The molecule has 1 amide bonds. The highest BCUT2D eigenvalue weighted by Crippen LogP contribution is 1.92. The molecule has 0 rings (SSSR count). The van der Waals surface area contributed by atoms with Gasteiger partial charge in [-0.2, -0.15) is 0 Å². The molecule has 0 aliphatic rings. The molecule has 48 valence electrons. The van der Waals surface area contributed by atoms with Gasteiger partial charge in [0.05, 0.1) is 0 Å². The molecular weight excluding hydrogens is 126 g/mol. The van der Waals surface area contributed by atoms with Gasteiger partial charge in [-0.15, -0.1) is 0 Å². The van der Waals surface area contributed by atoms with Crippen LogP contribution in [-0.2, 0) is 4.79 Å². The minimum atomic E-state index is -0.0356. The van der Waals surface area contributed by atoms with E-state index in [0.717, 1.165) is 0 Å². The largest absolute Gasteiger partial charge is 0.359 e. The molecule has 4 heteroatoms. The minimum absolute atomic E-state index is 0.0356. The molecule has 8 heavy (non-hydrogen) atoms. The first-order valence-electron chi connectivity index (χ1n) is 2.28. The summed E-state index contributed by atoms with van der Waals surface area (Å²) in [5.41, 5.74) is 0. The van der Waals surface area contributed by atoms with E-state index in [4.69, 9.17) is 4.55 Å². The lowest BCUT2D eigenvalue weighted by molar-refractivity contribution is -0.120. The zero-order chi connectivity index (χ0) is 6.41. The molecule has 0 aromatic heterocycles. The second-order valence-electron chi connectivity index (χ2n) is 1.26. The molecular formula is C4H9NO2S. The van der Waals surface area contributed by atoms with Gasteiger partial charge in [0.15, 0.2) is 0 Å². The summed E-state index contributed by atoms with van der Waals surface area (Å²) in [6.45, 7) is 0. The highest BCUT2D eigenvalue weighted by molar-refractivity contribution is 7.93. The zero-order valence-electron chi connectivity index (χ0n) is 4.68. The maximum absolute atomic E-state index is 10.3. The molecule has 3 nitrogen and oxygen atoms in total. The van der Waals surface area contributed by atoms with E-state index in [1.54, 1.807) is 7.05 Å². The number of carbonyl (C=O) groups excluding carboxylic acids is 1. The molecule has 0 radical (unpaired) electrons. The van der Waals surface area contributed by atoms with Crippen molar-refractivity contribution in [1.29, 1.82) is 0 Å². The van der Waals surface area contributed by atoms with Crippen LogP contribution in [0, 0.1) is 0 Å². The number of rotatable bonds is 3. The fourth-order valence-corrected chi connectivity index (χ4v) is 0.540. The topological polar surface area (TPSA) is 49.3 Å². The lowest BCUT2D eigenvalue weighted by Gasteiger charge is -1.93. The van der Waals surface area contributed by atoms with Gasteiger partial charge in [0, 0.05) is 19.2 Å². The van der Waals surface area contributed by atoms with Crippen molar-refractivity contribution in [2.24, 2.45) is 0 Å². The summed E-state index contributed by atoms with van der Waals surface area (Å²) >= 11 is 0.684. The van der Waals surface area contributed by atoms with Crippen molar-refractivity contribution < 1.29 is 9.35 Å². The van der Waals surface area contributed by atoms with Crippen LogP contribution in [0.5, 0.6) is 0 Å². The molecule has 0 bridgehead atoms. The maximum atomic E-state index is 10.3. The third kappa shape index (κ3) is 3.95. The van der Waals surface area contributed by atoms with E-state index in [9.17, 15) is 4.79 Å². The summed E-state index contributed by atoms with van der Waals surface area (Å²) < 4.78 is 8.15. The van der Waals surface area contributed by atoms with Crippen molar-refractivity contribution in [1.82, 2.24) is 5.32 Å². The second-order valence-corrected chi connectivity index (χ2v) is 1.92. The van der Waals surface area contributed by atoms with E-state index >= 15 is 0 Å². The first kappa shape index (κ1) is 7.78. The Kier molecular flexibility index (Phi) is 4.79. The van der Waals surface area contributed by atoms with Crippen LogP contribution >= 0.6 is 12.0 Å². The Bertz CT molecular complexity index is 76.4. The Labute approximate surface area is 52.7 Å². The van der Waals surface area contributed by atoms with Gasteiger partial charge in [0.2, 0.25) is 5.91 Å².